The number of carbonyl (C=O) groups excluding carboxylic acids is 2. The molecule has 1 rings (SSSR count). The Hall–Kier alpha value is -1.64. The fraction of sp³-hybridized carbons (Fsp3) is 0.375. The van der Waals surface area contributed by atoms with Crippen molar-refractivity contribution < 1.29 is 22.8 Å². The Bertz CT molecular complexity index is 391. The molecule has 0 saturated carbocycles. The lowest BCUT2D eigenvalue weighted by molar-refractivity contribution is -0.173. The predicted octanol–water partition coefficient (Wildman–Crippen LogP) is 0.438. The van der Waals surface area contributed by atoms with Gasteiger partial charge in [-0.2, -0.15) is 13.2 Å². The summed E-state index contributed by atoms with van der Waals surface area (Å²) in [4.78, 5) is 25.3. The Balaban J connectivity index is 2.24. The molecular weight excluding hydrogens is 259 g/mol. The van der Waals surface area contributed by atoms with Crippen molar-refractivity contribution in [1.82, 2.24) is 15.6 Å². The number of nitrogens with zero attached hydrogens (tertiary/aromatic N) is 1. The van der Waals surface area contributed by atoms with E-state index in [9.17, 15) is 22.8 Å². The zero-order valence-corrected chi connectivity index (χ0v) is 9.19. The number of hydrogen-bond donors (Lipinski definition) is 2. The summed E-state index contributed by atoms with van der Waals surface area (Å²) in [5.74, 6) is -2.85. The van der Waals surface area contributed by atoms with Crippen LogP contribution in [0.5, 0.6) is 0 Å². The van der Waals surface area contributed by atoms with Gasteiger partial charge in [0, 0.05) is 11.6 Å². The molecule has 2 N–H and O–H groups in total. The molecule has 94 valence electrons. The van der Waals surface area contributed by atoms with Crippen LogP contribution in [0.1, 0.15) is 5.01 Å². The molecule has 0 aromatic carbocycles. The summed E-state index contributed by atoms with van der Waals surface area (Å²) < 4.78 is 35.3. The van der Waals surface area contributed by atoms with Crippen LogP contribution < -0.4 is 10.6 Å². The largest absolute Gasteiger partial charge is 0.471 e. The maximum absolute atomic E-state index is 11.8. The highest BCUT2D eigenvalue weighted by Gasteiger charge is 2.38. The number of carbonyl (C=O) groups is 2. The molecule has 5 nitrogen and oxygen atoms in total. The van der Waals surface area contributed by atoms with Crippen molar-refractivity contribution in [3.05, 3.63) is 16.6 Å². The number of aromatic nitrogens is 1. The van der Waals surface area contributed by atoms with Gasteiger partial charge in [0.2, 0.25) is 5.91 Å². The number of halogens is 3. The maximum Gasteiger partial charge on any atom is 0.471 e. The zero-order valence-electron chi connectivity index (χ0n) is 8.37. The molecule has 0 aliphatic heterocycles. The fourth-order valence-corrected chi connectivity index (χ4v) is 1.39. The molecule has 0 aliphatic carbocycles. The van der Waals surface area contributed by atoms with E-state index in [-0.39, 0.29) is 6.54 Å². The number of thiazole rings is 1. The van der Waals surface area contributed by atoms with Crippen LogP contribution in [0.15, 0.2) is 11.6 Å². The summed E-state index contributed by atoms with van der Waals surface area (Å²) in [6.07, 6.45) is -3.44. The molecule has 0 radical (unpaired) electrons. The minimum Gasteiger partial charge on any atom is -0.348 e. The van der Waals surface area contributed by atoms with E-state index in [0.717, 1.165) is 0 Å². The molecule has 0 spiro atoms. The van der Waals surface area contributed by atoms with E-state index < -0.39 is 24.5 Å². The van der Waals surface area contributed by atoms with E-state index in [1.54, 1.807) is 5.38 Å². The van der Waals surface area contributed by atoms with Crippen LogP contribution in [0.4, 0.5) is 13.2 Å². The summed E-state index contributed by atoms with van der Waals surface area (Å²) in [6.45, 7) is -0.595. The lowest BCUT2D eigenvalue weighted by Crippen LogP contribution is -2.42. The predicted molar refractivity (Wildman–Crippen MR) is 53.0 cm³/mol. The number of hydrogen-bond acceptors (Lipinski definition) is 4. The normalized spacial score (nSPS) is 11.0. The first-order chi connectivity index (χ1) is 7.89. The van der Waals surface area contributed by atoms with E-state index in [1.807, 2.05) is 0 Å². The van der Waals surface area contributed by atoms with Crippen molar-refractivity contribution >= 4 is 23.2 Å². The molecule has 0 fully saturated rings. The van der Waals surface area contributed by atoms with Crippen LogP contribution in [0.2, 0.25) is 0 Å². The van der Waals surface area contributed by atoms with Crippen LogP contribution in [0.3, 0.4) is 0 Å². The van der Waals surface area contributed by atoms with Crippen LogP contribution in [-0.2, 0) is 16.1 Å². The molecule has 0 unspecified atom stereocenters. The number of amides is 2. The Kier molecular flexibility index (Phi) is 4.44. The Morgan fingerprint density at radius 1 is 1.35 bits per heavy atom. The van der Waals surface area contributed by atoms with Crippen molar-refractivity contribution in [1.29, 1.82) is 0 Å². The van der Waals surface area contributed by atoms with Crippen LogP contribution in [0.25, 0.3) is 0 Å². The molecule has 2 amide bonds. The summed E-state index contributed by atoms with van der Waals surface area (Å²) in [5, 5.41) is 6.11. The van der Waals surface area contributed by atoms with E-state index in [1.165, 1.54) is 22.9 Å². The Morgan fingerprint density at radius 3 is 2.59 bits per heavy atom. The smallest absolute Gasteiger partial charge is 0.348 e. The van der Waals surface area contributed by atoms with Crippen molar-refractivity contribution in [3.63, 3.8) is 0 Å². The molecule has 0 aliphatic rings. The van der Waals surface area contributed by atoms with Gasteiger partial charge in [-0.25, -0.2) is 4.98 Å². The van der Waals surface area contributed by atoms with Gasteiger partial charge < -0.3 is 10.6 Å². The van der Waals surface area contributed by atoms with E-state index in [2.05, 4.69) is 10.3 Å². The van der Waals surface area contributed by atoms with E-state index in [0.29, 0.717) is 5.01 Å². The number of rotatable bonds is 4. The second-order valence-corrected chi connectivity index (χ2v) is 3.86. The SMILES string of the molecule is O=C(CNC(=O)C(F)(F)F)NCc1nccs1. The first-order valence-electron chi connectivity index (χ1n) is 4.39. The van der Waals surface area contributed by atoms with Gasteiger partial charge in [0.15, 0.2) is 0 Å². The van der Waals surface area contributed by atoms with Crippen LogP contribution in [0, 0.1) is 0 Å². The van der Waals surface area contributed by atoms with Crippen LogP contribution in [-0.4, -0.2) is 29.5 Å². The van der Waals surface area contributed by atoms with E-state index >= 15 is 0 Å². The lowest BCUT2D eigenvalue weighted by atomic mass is 10.5. The highest BCUT2D eigenvalue weighted by atomic mass is 32.1. The molecule has 0 bridgehead atoms. The molecule has 9 heteroatoms. The van der Waals surface area contributed by atoms with Crippen molar-refractivity contribution in [2.75, 3.05) is 6.54 Å². The average Bonchev–Trinajstić information content (AvgIpc) is 2.74. The van der Waals surface area contributed by atoms with E-state index in [4.69, 9.17) is 0 Å². The van der Waals surface area contributed by atoms with Crippen molar-refractivity contribution in [2.45, 2.75) is 12.7 Å². The van der Waals surface area contributed by atoms with Crippen molar-refractivity contribution in [3.8, 4) is 0 Å². The Morgan fingerprint density at radius 2 is 2.06 bits per heavy atom. The van der Waals surface area contributed by atoms with Gasteiger partial charge in [0.05, 0.1) is 13.1 Å². The van der Waals surface area contributed by atoms with Gasteiger partial charge in [-0.1, -0.05) is 0 Å². The zero-order chi connectivity index (χ0) is 12.9. The minimum atomic E-state index is -4.98. The topological polar surface area (TPSA) is 71.1 Å². The molecule has 1 heterocycles. The lowest BCUT2D eigenvalue weighted by Gasteiger charge is -2.07. The summed E-state index contributed by atoms with van der Waals surface area (Å²) in [7, 11) is 0. The van der Waals surface area contributed by atoms with Gasteiger partial charge in [-0.3, -0.25) is 9.59 Å². The molecule has 0 saturated heterocycles. The first kappa shape index (κ1) is 13.4. The monoisotopic (exact) mass is 267 g/mol. The molecular formula is C8H8F3N3O2S. The highest BCUT2D eigenvalue weighted by Crippen LogP contribution is 2.13. The third-order valence-electron chi connectivity index (χ3n) is 1.59. The molecule has 17 heavy (non-hydrogen) atoms. The molecule has 1 aromatic heterocycles. The van der Waals surface area contributed by atoms with Crippen LogP contribution >= 0.6 is 11.3 Å². The average molecular weight is 267 g/mol. The van der Waals surface area contributed by atoms with Gasteiger partial charge in [0.25, 0.3) is 0 Å². The molecule has 0 atom stereocenters. The highest BCUT2D eigenvalue weighted by molar-refractivity contribution is 7.09. The second kappa shape index (κ2) is 5.62. The van der Waals surface area contributed by atoms with Crippen molar-refractivity contribution in [2.24, 2.45) is 0 Å². The maximum atomic E-state index is 11.8. The quantitative estimate of drug-likeness (QED) is 0.831. The summed E-state index contributed by atoms with van der Waals surface area (Å²) >= 11 is 1.30. The standard InChI is InChI=1S/C8H8F3N3O2S/c9-8(10,11)7(16)14-3-5(15)13-4-6-12-1-2-17-6/h1-2H,3-4H2,(H,13,15)(H,14,16). The number of nitrogens with one attached hydrogen (secondary N) is 2. The van der Waals surface area contributed by atoms with Gasteiger partial charge in [-0.15, -0.1) is 11.3 Å². The fourth-order valence-electron chi connectivity index (χ4n) is 0.838. The first-order valence-corrected chi connectivity index (χ1v) is 5.27. The number of alkyl halides is 3. The summed E-state index contributed by atoms with van der Waals surface area (Å²) in [5.41, 5.74) is 0. The Labute approximate surface area is 98.0 Å². The molecule has 1 aromatic rings. The van der Waals surface area contributed by atoms with Gasteiger partial charge in [-0.05, 0) is 0 Å². The van der Waals surface area contributed by atoms with Gasteiger partial charge >= 0.3 is 12.1 Å². The second-order valence-electron chi connectivity index (χ2n) is 2.88. The van der Waals surface area contributed by atoms with Gasteiger partial charge in [0.1, 0.15) is 5.01 Å². The third kappa shape index (κ3) is 4.81. The summed E-state index contributed by atoms with van der Waals surface area (Å²) in [6, 6.07) is 0. The minimum absolute atomic E-state index is 0.123. The third-order valence-corrected chi connectivity index (χ3v) is 2.37.